The molecule has 2 saturated heterocycles. The minimum Gasteiger partial charge on any atom is -0.497 e. The third-order valence-corrected chi connectivity index (χ3v) is 6.60. The van der Waals surface area contributed by atoms with Gasteiger partial charge in [0, 0.05) is 45.2 Å². The molecule has 2 heterocycles. The highest BCUT2D eigenvalue weighted by Crippen LogP contribution is 2.29. The fourth-order valence-corrected chi connectivity index (χ4v) is 4.78. The Bertz CT molecular complexity index is 880. The molecule has 0 unspecified atom stereocenters. The van der Waals surface area contributed by atoms with Crippen LogP contribution >= 0.6 is 0 Å². The predicted octanol–water partition coefficient (Wildman–Crippen LogP) is 3.58. The summed E-state index contributed by atoms with van der Waals surface area (Å²) in [6, 6.07) is 16.5. The summed E-state index contributed by atoms with van der Waals surface area (Å²) < 4.78 is 11.5. The van der Waals surface area contributed by atoms with Crippen molar-refractivity contribution in [3.63, 3.8) is 0 Å². The summed E-state index contributed by atoms with van der Waals surface area (Å²) in [5.74, 6) is 1.92. The third kappa shape index (κ3) is 5.61. The largest absolute Gasteiger partial charge is 0.497 e. The predicted molar refractivity (Wildman–Crippen MR) is 126 cm³/mol. The Labute approximate surface area is 191 Å². The van der Waals surface area contributed by atoms with Crippen LogP contribution in [0.4, 0.5) is 0 Å². The molecule has 1 atom stereocenters. The number of benzene rings is 2. The number of piperazine rings is 1. The highest BCUT2D eigenvalue weighted by molar-refractivity contribution is 5.74. The van der Waals surface area contributed by atoms with Crippen molar-refractivity contribution in [3.05, 3.63) is 59.7 Å². The van der Waals surface area contributed by atoms with Crippen LogP contribution in [0, 0.1) is 0 Å². The van der Waals surface area contributed by atoms with Gasteiger partial charge < -0.3 is 14.4 Å². The first-order valence-corrected chi connectivity index (χ1v) is 11.7. The molecule has 32 heavy (non-hydrogen) atoms. The van der Waals surface area contributed by atoms with E-state index < -0.39 is 0 Å². The molecule has 0 N–H and O–H groups in total. The van der Waals surface area contributed by atoms with E-state index in [4.69, 9.17) is 9.47 Å². The summed E-state index contributed by atoms with van der Waals surface area (Å²) >= 11 is 0. The van der Waals surface area contributed by atoms with Crippen LogP contribution in [0.1, 0.15) is 36.9 Å². The molecule has 0 saturated carbocycles. The topological polar surface area (TPSA) is 45.3 Å². The quantitative estimate of drug-likeness (QED) is 0.632. The van der Waals surface area contributed by atoms with E-state index >= 15 is 0 Å². The second kappa shape index (κ2) is 10.8. The van der Waals surface area contributed by atoms with Crippen molar-refractivity contribution in [2.75, 3.05) is 53.0 Å². The molecule has 0 radical (unpaired) electrons. The van der Waals surface area contributed by atoms with Crippen LogP contribution in [-0.2, 0) is 11.3 Å². The van der Waals surface area contributed by atoms with Crippen LogP contribution in [0.15, 0.2) is 48.5 Å². The maximum absolute atomic E-state index is 12.3. The molecular weight excluding hydrogens is 402 g/mol. The zero-order valence-electron chi connectivity index (χ0n) is 19.3. The molecule has 0 bridgehead atoms. The first-order valence-electron chi connectivity index (χ1n) is 11.7. The number of rotatable bonds is 8. The molecule has 6 heteroatoms. The van der Waals surface area contributed by atoms with Crippen molar-refractivity contribution >= 4 is 5.91 Å². The first-order chi connectivity index (χ1) is 15.6. The Kier molecular flexibility index (Phi) is 7.66. The Balaban J connectivity index is 1.42. The standard InChI is InChI=1S/C26H35N3O3/c1-21(30)29-16-15-28(20-25(29)22-9-11-24(31-2)12-10-22)19-23-7-3-4-8-26(23)32-18-17-27-13-5-6-14-27/h3-4,7-12,25H,5-6,13-20H2,1-2H3/t25-/m0/s1. The molecule has 6 nitrogen and oxygen atoms in total. The average molecular weight is 438 g/mol. The van der Waals surface area contributed by atoms with E-state index in [2.05, 4.69) is 40.1 Å². The van der Waals surface area contributed by atoms with Crippen molar-refractivity contribution < 1.29 is 14.3 Å². The lowest BCUT2D eigenvalue weighted by Gasteiger charge is -2.41. The zero-order chi connectivity index (χ0) is 22.3. The molecule has 0 spiro atoms. The van der Waals surface area contributed by atoms with Gasteiger partial charge in [-0.15, -0.1) is 0 Å². The average Bonchev–Trinajstić information content (AvgIpc) is 3.34. The van der Waals surface area contributed by atoms with E-state index in [1.807, 2.05) is 23.1 Å². The van der Waals surface area contributed by atoms with Crippen LogP contribution < -0.4 is 9.47 Å². The summed E-state index contributed by atoms with van der Waals surface area (Å²) in [6.45, 7) is 8.96. The lowest BCUT2D eigenvalue weighted by Crippen LogP contribution is -2.49. The number of hydrogen-bond acceptors (Lipinski definition) is 5. The Morgan fingerprint density at radius 3 is 2.44 bits per heavy atom. The monoisotopic (exact) mass is 437 g/mol. The summed E-state index contributed by atoms with van der Waals surface area (Å²) in [5, 5.41) is 0. The summed E-state index contributed by atoms with van der Waals surface area (Å²) in [4.78, 5) is 19.2. The number of para-hydroxylation sites is 1. The molecule has 172 valence electrons. The van der Waals surface area contributed by atoms with Crippen molar-refractivity contribution in [1.82, 2.24) is 14.7 Å². The van der Waals surface area contributed by atoms with Gasteiger partial charge in [-0.3, -0.25) is 14.6 Å². The maximum atomic E-state index is 12.3. The van der Waals surface area contributed by atoms with Crippen LogP contribution in [0.3, 0.4) is 0 Å². The number of hydrogen-bond donors (Lipinski definition) is 0. The van der Waals surface area contributed by atoms with Gasteiger partial charge in [0.15, 0.2) is 0 Å². The van der Waals surface area contributed by atoms with Gasteiger partial charge in [0.2, 0.25) is 5.91 Å². The zero-order valence-corrected chi connectivity index (χ0v) is 19.3. The van der Waals surface area contributed by atoms with Crippen molar-refractivity contribution in [3.8, 4) is 11.5 Å². The SMILES string of the molecule is COc1ccc([C@@H]2CN(Cc3ccccc3OCCN3CCCC3)CCN2C(C)=O)cc1. The molecular formula is C26H35N3O3. The summed E-state index contributed by atoms with van der Waals surface area (Å²) in [7, 11) is 1.67. The normalized spacial score (nSPS) is 19.8. The fraction of sp³-hybridized carbons (Fsp3) is 0.500. The van der Waals surface area contributed by atoms with Gasteiger partial charge in [0.1, 0.15) is 18.1 Å². The number of amides is 1. The molecule has 0 aliphatic carbocycles. The number of likely N-dealkylation sites (tertiary alicyclic amines) is 1. The first kappa shape index (κ1) is 22.6. The van der Waals surface area contributed by atoms with Gasteiger partial charge in [0.25, 0.3) is 0 Å². The number of carbonyl (C=O) groups excluding carboxylic acids is 1. The molecule has 1 amide bonds. The van der Waals surface area contributed by atoms with E-state index in [1.54, 1.807) is 14.0 Å². The number of methoxy groups -OCH3 is 1. The molecule has 4 rings (SSSR count). The number of nitrogens with zero attached hydrogens (tertiary/aromatic N) is 3. The van der Waals surface area contributed by atoms with E-state index in [1.165, 1.54) is 31.5 Å². The lowest BCUT2D eigenvalue weighted by atomic mass is 10.0. The van der Waals surface area contributed by atoms with Gasteiger partial charge >= 0.3 is 0 Å². The van der Waals surface area contributed by atoms with Gasteiger partial charge in [-0.05, 0) is 49.7 Å². The van der Waals surface area contributed by atoms with Crippen LogP contribution in [-0.4, -0.2) is 73.6 Å². The Hall–Kier alpha value is -2.57. The van der Waals surface area contributed by atoms with Gasteiger partial charge in [0.05, 0.1) is 13.2 Å². The fourth-order valence-electron chi connectivity index (χ4n) is 4.78. The molecule has 2 aliphatic heterocycles. The van der Waals surface area contributed by atoms with E-state index in [-0.39, 0.29) is 11.9 Å². The minimum atomic E-state index is 0.0374. The van der Waals surface area contributed by atoms with E-state index in [0.717, 1.165) is 56.4 Å². The molecule has 2 aromatic rings. The third-order valence-electron chi connectivity index (χ3n) is 6.60. The Morgan fingerprint density at radius 2 is 1.72 bits per heavy atom. The maximum Gasteiger partial charge on any atom is 0.220 e. The van der Waals surface area contributed by atoms with Crippen molar-refractivity contribution in [1.29, 1.82) is 0 Å². The minimum absolute atomic E-state index is 0.0374. The van der Waals surface area contributed by atoms with E-state index in [9.17, 15) is 4.79 Å². The van der Waals surface area contributed by atoms with Crippen molar-refractivity contribution in [2.45, 2.75) is 32.4 Å². The smallest absolute Gasteiger partial charge is 0.220 e. The summed E-state index contributed by atoms with van der Waals surface area (Å²) in [6.07, 6.45) is 2.61. The van der Waals surface area contributed by atoms with Crippen LogP contribution in [0.2, 0.25) is 0 Å². The Morgan fingerprint density at radius 1 is 0.969 bits per heavy atom. The van der Waals surface area contributed by atoms with Crippen LogP contribution in [0.5, 0.6) is 11.5 Å². The molecule has 2 aromatic carbocycles. The number of carbonyl (C=O) groups is 1. The van der Waals surface area contributed by atoms with E-state index in [0.29, 0.717) is 0 Å². The second-order valence-electron chi connectivity index (χ2n) is 8.74. The van der Waals surface area contributed by atoms with Crippen LogP contribution in [0.25, 0.3) is 0 Å². The molecule has 2 fully saturated rings. The second-order valence-corrected chi connectivity index (χ2v) is 8.74. The molecule has 0 aromatic heterocycles. The van der Waals surface area contributed by atoms with Gasteiger partial charge in [-0.1, -0.05) is 30.3 Å². The van der Waals surface area contributed by atoms with Gasteiger partial charge in [-0.25, -0.2) is 0 Å². The molecule has 2 aliphatic rings. The highest BCUT2D eigenvalue weighted by Gasteiger charge is 2.30. The van der Waals surface area contributed by atoms with Crippen molar-refractivity contribution in [2.24, 2.45) is 0 Å². The highest BCUT2D eigenvalue weighted by atomic mass is 16.5. The number of ether oxygens (including phenoxy) is 2. The lowest BCUT2D eigenvalue weighted by molar-refractivity contribution is -0.134. The summed E-state index contributed by atoms with van der Waals surface area (Å²) in [5.41, 5.74) is 2.35. The van der Waals surface area contributed by atoms with Gasteiger partial charge in [-0.2, -0.15) is 0 Å².